The van der Waals surface area contributed by atoms with Gasteiger partial charge in [0.25, 0.3) is 0 Å². The van der Waals surface area contributed by atoms with Gasteiger partial charge in [0.1, 0.15) is 5.82 Å². The van der Waals surface area contributed by atoms with Crippen LogP contribution in [0.3, 0.4) is 0 Å². The average Bonchev–Trinajstić information content (AvgIpc) is 2.39. The van der Waals surface area contributed by atoms with Gasteiger partial charge in [-0.25, -0.2) is 4.98 Å². The Bertz CT molecular complexity index is 537. The van der Waals surface area contributed by atoms with Gasteiger partial charge in [-0.1, -0.05) is 34.1 Å². The second-order valence-electron chi connectivity index (χ2n) is 4.72. The molecule has 1 atom stereocenters. The predicted octanol–water partition coefficient (Wildman–Crippen LogP) is 3.50. The van der Waals surface area contributed by atoms with Gasteiger partial charge in [-0.3, -0.25) is 0 Å². The Morgan fingerprint density at radius 3 is 2.68 bits per heavy atom. The maximum Gasteiger partial charge on any atom is 0.128 e. The normalized spacial score (nSPS) is 12.2. The van der Waals surface area contributed by atoms with Gasteiger partial charge in [0.2, 0.25) is 0 Å². The molecule has 0 aliphatic carbocycles. The molecule has 1 aromatic carbocycles. The zero-order valence-electron chi connectivity index (χ0n) is 11.2. The summed E-state index contributed by atoms with van der Waals surface area (Å²) >= 11 is 3.49. The SMILES string of the molecule is C[C@H](N)c1ccc(N(C)Cc2cccc(Br)c2)nc1. The van der Waals surface area contributed by atoms with E-state index in [-0.39, 0.29) is 6.04 Å². The standard InChI is InChI=1S/C15H18BrN3/c1-11(17)13-6-7-15(18-9-13)19(2)10-12-4-3-5-14(16)8-12/h3-9,11H,10,17H2,1-2H3/t11-/m0/s1. The van der Waals surface area contributed by atoms with Crippen molar-refractivity contribution in [2.45, 2.75) is 19.5 Å². The van der Waals surface area contributed by atoms with Crippen molar-refractivity contribution in [1.29, 1.82) is 0 Å². The Labute approximate surface area is 122 Å². The van der Waals surface area contributed by atoms with E-state index in [4.69, 9.17) is 5.73 Å². The van der Waals surface area contributed by atoms with E-state index >= 15 is 0 Å². The molecule has 0 amide bonds. The van der Waals surface area contributed by atoms with Gasteiger partial charge in [-0.15, -0.1) is 0 Å². The highest BCUT2D eigenvalue weighted by Crippen LogP contribution is 2.17. The minimum absolute atomic E-state index is 0.0249. The molecule has 2 rings (SSSR count). The highest BCUT2D eigenvalue weighted by molar-refractivity contribution is 9.10. The van der Waals surface area contributed by atoms with Crippen LogP contribution in [-0.2, 0) is 6.54 Å². The minimum atomic E-state index is 0.0249. The monoisotopic (exact) mass is 319 g/mol. The number of hydrogen-bond acceptors (Lipinski definition) is 3. The number of aromatic nitrogens is 1. The third kappa shape index (κ3) is 3.78. The zero-order chi connectivity index (χ0) is 13.8. The van der Waals surface area contributed by atoms with Crippen LogP contribution in [0.15, 0.2) is 47.1 Å². The van der Waals surface area contributed by atoms with Gasteiger partial charge in [-0.05, 0) is 36.2 Å². The number of anilines is 1. The first-order valence-electron chi connectivity index (χ1n) is 6.23. The van der Waals surface area contributed by atoms with Gasteiger partial charge >= 0.3 is 0 Å². The van der Waals surface area contributed by atoms with Crippen LogP contribution in [0.25, 0.3) is 0 Å². The van der Waals surface area contributed by atoms with Crippen LogP contribution < -0.4 is 10.6 Å². The smallest absolute Gasteiger partial charge is 0.128 e. The molecule has 0 spiro atoms. The lowest BCUT2D eigenvalue weighted by Gasteiger charge is -2.19. The fourth-order valence-corrected chi connectivity index (χ4v) is 2.33. The molecule has 0 aliphatic rings. The lowest BCUT2D eigenvalue weighted by molar-refractivity contribution is 0.807. The lowest BCUT2D eigenvalue weighted by Crippen LogP contribution is -2.18. The summed E-state index contributed by atoms with van der Waals surface area (Å²) in [6.45, 7) is 2.78. The van der Waals surface area contributed by atoms with E-state index in [2.05, 4.69) is 37.9 Å². The summed E-state index contributed by atoms with van der Waals surface area (Å²) in [5, 5.41) is 0. The highest BCUT2D eigenvalue weighted by atomic mass is 79.9. The Morgan fingerprint density at radius 1 is 1.32 bits per heavy atom. The van der Waals surface area contributed by atoms with Gasteiger partial charge in [-0.2, -0.15) is 0 Å². The van der Waals surface area contributed by atoms with Crippen molar-refractivity contribution < 1.29 is 0 Å². The summed E-state index contributed by atoms with van der Waals surface area (Å²) in [6, 6.07) is 12.4. The van der Waals surface area contributed by atoms with Gasteiger partial charge in [0, 0.05) is 30.3 Å². The summed E-state index contributed by atoms with van der Waals surface area (Å²) in [6.07, 6.45) is 1.84. The maximum atomic E-state index is 5.82. The van der Waals surface area contributed by atoms with E-state index in [9.17, 15) is 0 Å². The molecular formula is C15H18BrN3. The average molecular weight is 320 g/mol. The third-order valence-electron chi connectivity index (χ3n) is 3.00. The number of nitrogens with two attached hydrogens (primary N) is 1. The molecule has 0 saturated carbocycles. The molecule has 3 nitrogen and oxygen atoms in total. The van der Waals surface area contributed by atoms with Gasteiger partial charge < -0.3 is 10.6 Å². The Kier molecular flexibility index (Phi) is 4.56. The van der Waals surface area contributed by atoms with Crippen molar-refractivity contribution in [3.05, 3.63) is 58.2 Å². The molecule has 2 aromatic rings. The number of rotatable bonds is 4. The van der Waals surface area contributed by atoms with Crippen LogP contribution in [0.1, 0.15) is 24.1 Å². The summed E-state index contributed by atoms with van der Waals surface area (Å²) in [4.78, 5) is 6.57. The van der Waals surface area contributed by atoms with E-state index in [1.165, 1.54) is 5.56 Å². The van der Waals surface area contributed by atoms with Crippen LogP contribution in [0.2, 0.25) is 0 Å². The fourth-order valence-electron chi connectivity index (χ4n) is 1.88. The van der Waals surface area contributed by atoms with Gasteiger partial charge in [0.15, 0.2) is 0 Å². The Hall–Kier alpha value is -1.39. The molecule has 100 valence electrons. The predicted molar refractivity (Wildman–Crippen MR) is 83.1 cm³/mol. The quantitative estimate of drug-likeness (QED) is 0.937. The van der Waals surface area contributed by atoms with E-state index in [1.807, 2.05) is 44.4 Å². The molecule has 0 fully saturated rings. The summed E-state index contributed by atoms with van der Waals surface area (Å²) < 4.78 is 1.10. The van der Waals surface area contributed by atoms with Crippen LogP contribution >= 0.6 is 15.9 Å². The molecule has 19 heavy (non-hydrogen) atoms. The van der Waals surface area contributed by atoms with E-state index in [0.717, 1.165) is 22.4 Å². The van der Waals surface area contributed by atoms with E-state index in [0.29, 0.717) is 0 Å². The first-order valence-corrected chi connectivity index (χ1v) is 7.02. The summed E-state index contributed by atoms with van der Waals surface area (Å²) in [5.41, 5.74) is 8.12. The van der Waals surface area contributed by atoms with Crippen molar-refractivity contribution in [3.63, 3.8) is 0 Å². The molecule has 0 unspecified atom stereocenters. The second-order valence-corrected chi connectivity index (χ2v) is 5.64. The topological polar surface area (TPSA) is 42.1 Å². The molecular weight excluding hydrogens is 302 g/mol. The van der Waals surface area contributed by atoms with Crippen molar-refractivity contribution >= 4 is 21.7 Å². The molecule has 0 bridgehead atoms. The number of pyridine rings is 1. The molecule has 0 saturated heterocycles. The number of hydrogen-bond donors (Lipinski definition) is 1. The van der Waals surface area contributed by atoms with Crippen molar-refractivity contribution in [3.8, 4) is 0 Å². The fraction of sp³-hybridized carbons (Fsp3) is 0.267. The van der Waals surface area contributed by atoms with Gasteiger partial charge in [0.05, 0.1) is 0 Å². The summed E-state index contributed by atoms with van der Waals surface area (Å²) in [7, 11) is 2.04. The van der Waals surface area contributed by atoms with E-state index < -0.39 is 0 Å². The summed E-state index contributed by atoms with van der Waals surface area (Å²) in [5.74, 6) is 0.948. The third-order valence-corrected chi connectivity index (χ3v) is 3.49. The molecule has 0 radical (unpaired) electrons. The minimum Gasteiger partial charge on any atom is -0.355 e. The number of halogens is 1. The van der Waals surface area contributed by atoms with E-state index in [1.54, 1.807) is 0 Å². The van der Waals surface area contributed by atoms with Crippen LogP contribution in [-0.4, -0.2) is 12.0 Å². The zero-order valence-corrected chi connectivity index (χ0v) is 12.8. The van der Waals surface area contributed by atoms with Crippen molar-refractivity contribution in [2.75, 3.05) is 11.9 Å². The van der Waals surface area contributed by atoms with Crippen molar-refractivity contribution in [1.82, 2.24) is 4.98 Å². The van der Waals surface area contributed by atoms with Crippen molar-refractivity contribution in [2.24, 2.45) is 5.73 Å². The molecule has 0 aliphatic heterocycles. The second kappa shape index (κ2) is 6.17. The Balaban J connectivity index is 2.09. The lowest BCUT2D eigenvalue weighted by atomic mass is 10.1. The Morgan fingerprint density at radius 2 is 2.11 bits per heavy atom. The molecule has 1 heterocycles. The first kappa shape index (κ1) is 14.0. The number of benzene rings is 1. The molecule has 1 aromatic heterocycles. The largest absolute Gasteiger partial charge is 0.355 e. The first-order chi connectivity index (χ1) is 9.06. The maximum absolute atomic E-state index is 5.82. The number of nitrogens with zero attached hydrogens (tertiary/aromatic N) is 2. The van der Waals surface area contributed by atoms with Crippen LogP contribution in [0, 0.1) is 0 Å². The molecule has 2 N–H and O–H groups in total. The van der Waals surface area contributed by atoms with Crippen LogP contribution in [0.4, 0.5) is 5.82 Å². The molecule has 4 heteroatoms. The van der Waals surface area contributed by atoms with Crippen LogP contribution in [0.5, 0.6) is 0 Å². The highest BCUT2D eigenvalue weighted by Gasteiger charge is 2.05.